The Morgan fingerprint density at radius 3 is 2.28 bits per heavy atom. The summed E-state index contributed by atoms with van der Waals surface area (Å²) in [6, 6.07) is 26.5. The van der Waals surface area contributed by atoms with E-state index in [0.29, 0.717) is 11.7 Å². The average molecular weight is 425 g/mol. The highest BCUT2D eigenvalue weighted by Crippen LogP contribution is 2.31. The first-order chi connectivity index (χ1) is 15.7. The fraction of sp³-hybridized carbons (Fsp3) is 0.192. The number of carboxylic acids is 1. The van der Waals surface area contributed by atoms with E-state index in [2.05, 4.69) is 39.7 Å². The minimum atomic E-state index is -0.740. The highest BCUT2D eigenvalue weighted by Gasteiger charge is 2.26. The summed E-state index contributed by atoms with van der Waals surface area (Å²) in [5, 5.41) is 16.6. The quantitative estimate of drug-likeness (QED) is 0.442. The lowest BCUT2D eigenvalue weighted by atomic mass is 9.97. The largest absolute Gasteiger partial charge is 0.481 e. The predicted molar refractivity (Wildman–Crippen MR) is 122 cm³/mol. The number of hydrogen-bond acceptors (Lipinski definition) is 5. The van der Waals surface area contributed by atoms with Crippen LogP contribution in [0.4, 0.5) is 0 Å². The fourth-order valence-electron chi connectivity index (χ4n) is 4.22. The summed E-state index contributed by atoms with van der Waals surface area (Å²) in [7, 11) is 0. The Bertz CT molecular complexity index is 1200. The van der Waals surface area contributed by atoms with E-state index in [1.54, 1.807) is 0 Å². The molecular weight excluding hydrogens is 402 g/mol. The third-order valence-corrected chi connectivity index (χ3v) is 5.92. The van der Waals surface area contributed by atoms with Crippen LogP contribution < -0.4 is 5.32 Å². The molecule has 32 heavy (non-hydrogen) atoms. The summed E-state index contributed by atoms with van der Waals surface area (Å²) in [5.74, 6) is 0.458. The van der Waals surface area contributed by atoms with Gasteiger partial charge in [-0.15, -0.1) is 0 Å². The Hall–Kier alpha value is -3.77. The van der Waals surface area contributed by atoms with Gasteiger partial charge in [-0.05, 0) is 47.7 Å². The molecule has 1 saturated heterocycles. The number of carbonyl (C=O) groups is 1. The van der Waals surface area contributed by atoms with Crippen LogP contribution in [0.25, 0.3) is 34.0 Å². The molecule has 6 nitrogen and oxygen atoms in total. The minimum absolute atomic E-state index is 0.172. The maximum atomic E-state index is 10.9. The molecular formula is C26H23N3O3. The van der Waals surface area contributed by atoms with Crippen molar-refractivity contribution in [3.8, 4) is 34.0 Å². The standard InChI is InChI=1S/C26H23N3O3/c30-24(31)15-17-14-23(27-16-17)20-8-10-21(11-9-20)25-28-26(32-29-25)22-12-6-19(7-13-22)18-4-2-1-3-5-18/h1-13,17,23,27H,14-16H2,(H,30,31). The van der Waals surface area contributed by atoms with Crippen LogP contribution in [0.2, 0.25) is 0 Å². The van der Waals surface area contributed by atoms with Crippen molar-refractivity contribution in [2.75, 3.05) is 6.54 Å². The summed E-state index contributed by atoms with van der Waals surface area (Å²) in [5.41, 5.74) is 5.19. The van der Waals surface area contributed by atoms with Crippen LogP contribution >= 0.6 is 0 Å². The summed E-state index contributed by atoms with van der Waals surface area (Å²) in [4.78, 5) is 15.5. The van der Waals surface area contributed by atoms with Crippen molar-refractivity contribution in [1.82, 2.24) is 15.5 Å². The Morgan fingerprint density at radius 1 is 0.906 bits per heavy atom. The maximum absolute atomic E-state index is 10.9. The zero-order valence-corrected chi connectivity index (χ0v) is 17.4. The Balaban J connectivity index is 1.28. The van der Waals surface area contributed by atoms with E-state index < -0.39 is 5.97 Å². The molecule has 6 heteroatoms. The molecule has 2 unspecified atom stereocenters. The van der Waals surface area contributed by atoms with Crippen molar-refractivity contribution < 1.29 is 14.4 Å². The lowest BCUT2D eigenvalue weighted by Crippen LogP contribution is -2.14. The third kappa shape index (κ3) is 4.31. The Morgan fingerprint density at radius 2 is 1.56 bits per heavy atom. The number of carboxylic acid groups (broad SMARTS) is 1. The van der Waals surface area contributed by atoms with E-state index in [-0.39, 0.29) is 18.4 Å². The average Bonchev–Trinajstić information content (AvgIpc) is 3.50. The predicted octanol–water partition coefficient (Wildman–Crippen LogP) is 5.20. The van der Waals surface area contributed by atoms with Crippen molar-refractivity contribution in [2.45, 2.75) is 18.9 Å². The molecule has 1 aromatic heterocycles. The molecule has 5 rings (SSSR count). The van der Waals surface area contributed by atoms with Crippen molar-refractivity contribution in [2.24, 2.45) is 5.92 Å². The van der Waals surface area contributed by atoms with Crippen LogP contribution in [-0.2, 0) is 4.79 Å². The highest BCUT2D eigenvalue weighted by atomic mass is 16.5. The van der Waals surface area contributed by atoms with Gasteiger partial charge in [0.05, 0.1) is 0 Å². The van der Waals surface area contributed by atoms with Crippen LogP contribution in [-0.4, -0.2) is 27.8 Å². The van der Waals surface area contributed by atoms with Crippen molar-refractivity contribution in [3.63, 3.8) is 0 Å². The summed E-state index contributed by atoms with van der Waals surface area (Å²) in [6.07, 6.45) is 1.04. The zero-order chi connectivity index (χ0) is 21.9. The van der Waals surface area contributed by atoms with Crippen LogP contribution in [0.15, 0.2) is 83.4 Å². The molecule has 1 fully saturated rings. The second-order valence-corrected chi connectivity index (χ2v) is 8.15. The van der Waals surface area contributed by atoms with Crippen molar-refractivity contribution in [1.29, 1.82) is 0 Å². The maximum Gasteiger partial charge on any atom is 0.303 e. The molecule has 1 aliphatic rings. The van der Waals surface area contributed by atoms with Gasteiger partial charge in [-0.2, -0.15) is 4.98 Å². The van der Waals surface area contributed by atoms with Gasteiger partial charge in [-0.1, -0.05) is 71.9 Å². The van der Waals surface area contributed by atoms with Crippen molar-refractivity contribution >= 4 is 5.97 Å². The lowest BCUT2D eigenvalue weighted by molar-refractivity contribution is -0.137. The first kappa shape index (κ1) is 20.2. The normalized spacial score (nSPS) is 18.0. The van der Waals surface area contributed by atoms with E-state index >= 15 is 0 Å². The van der Waals surface area contributed by atoms with Gasteiger partial charge in [-0.3, -0.25) is 4.79 Å². The number of aliphatic carboxylic acids is 1. The molecule has 2 heterocycles. The van der Waals surface area contributed by atoms with E-state index in [4.69, 9.17) is 9.63 Å². The van der Waals surface area contributed by atoms with Gasteiger partial charge in [0, 0.05) is 23.6 Å². The van der Waals surface area contributed by atoms with Gasteiger partial charge in [0.15, 0.2) is 0 Å². The molecule has 1 aliphatic heterocycles. The fourth-order valence-corrected chi connectivity index (χ4v) is 4.22. The van der Waals surface area contributed by atoms with E-state index in [9.17, 15) is 4.79 Å². The second-order valence-electron chi connectivity index (χ2n) is 8.15. The molecule has 0 amide bonds. The number of aromatic nitrogens is 2. The van der Waals surface area contributed by atoms with Gasteiger partial charge in [-0.25, -0.2) is 0 Å². The van der Waals surface area contributed by atoms with Gasteiger partial charge in [0.25, 0.3) is 5.89 Å². The van der Waals surface area contributed by atoms with E-state index in [0.717, 1.165) is 40.8 Å². The Labute approximate surface area is 185 Å². The minimum Gasteiger partial charge on any atom is -0.481 e. The lowest BCUT2D eigenvalue weighted by Gasteiger charge is -2.11. The number of benzene rings is 3. The molecule has 160 valence electrons. The zero-order valence-electron chi connectivity index (χ0n) is 17.4. The molecule has 0 spiro atoms. The molecule has 0 bridgehead atoms. The van der Waals surface area contributed by atoms with E-state index in [1.165, 1.54) is 0 Å². The third-order valence-electron chi connectivity index (χ3n) is 5.92. The highest BCUT2D eigenvalue weighted by molar-refractivity contribution is 5.68. The topological polar surface area (TPSA) is 88.2 Å². The molecule has 0 aliphatic carbocycles. The monoisotopic (exact) mass is 425 g/mol. The number of hydrogen-bond donors (Lipinski definition) is 2. The molecule has 2 atom stereocenters. The van der Waals surface area contributed by atoms with Crippen LogP contribution in [0.1, 0.15) is 24.4 Å². The van der Waals surface area contributed by atoms with Gasteiger partial charge in [0.1, 0.15) is 0 Å². The molecule has 4 aromatic rings. The van der Waals surface area contributed by atoms with Gasteiger partial charge >= 0.3 is 5.97 Å². The second kappa shape index (κ2) is 8.77. The first-order valence-corrected chi connectivity index (χ1v) is 10.7. The number of rotatable bonds is 6. The molecule has 0 saturated carbocycles. The Kier molecular flexibility index (Phi) is 5.52. The number of nitrogens with one attached hydrogen (secondary N) is 1. The van der Waals surface area contributed by atoms with Crippen LogP contribution in [0.5, 0.6) is 0 Å². The SMILES string of the molecule is O=C(O)CC1CNC(c2ccc(-c3noc(-c4ccc(-c5ccccc5)cc4)n3)cc2)C1. The first-order valence-electron chi connectivity index (χ1n) is 10.7. The molecule has 2 N–H and O–H groups in total. The van der Waals surface area contributed by atoms with E-state index in [1.807, 2.05) is 54.6 Å². The summed E-state index contributed by atoms with van der Waals surface area (Å²) < 4.78 is 5.50. The molecule has 0 radical (unpaired) electrons. The summed E-state index contributed by atoms with van der Waals surface area (Å²) >= 11 is 0. The van der Waals surface area contributed by atoms with Crippen LogP contribution in [0.3, 0.4) is 0 Å². The number of nitrogens with zero attached hydrogens (tertiary/aromatic N) is 2. The van der Waals surface area contributed by atoms with Crippen LogP contribution in [0, 0.1) is 5.92 Å². The van der Waals surface area contributed by atoms with Gasteiger partial charge in [0.2, 0.25) is 5.82 Å². The summed E-state index contributed by atoms with van der Waals surface area (Å²) in [6.45, 7) is 0.732. The smallest absolute Gasteiger partial charge is 0.303 e. The van der Waals surface area contributed by atoms with Gasteiger partial charge < -0.3 is 14.9 Å². The molecule has 3 aromatic carbocycles. The van der Waals surface area contributed by atoms with Crippen molar-refractivity contribution in [3.05, 3.63) is 84.4 Å².